The molecule has 2 rings (SSSR count). The van der Waals surface area contributed by atoms with Crippen LogP contribution >= 0.6 is 0 Å². The maximum Gasteiger partial charge on any atom is 0.200 e. The van der Waals surface area contributed by atoms with Crippen molar-refractivity contribution in [2.75, 3.05) is 17.7 Å². The molecule has 0 saturated heterocycles. The highest BCUT2D eigenvalue weighted by atomic mass is 16.5. The number of para-hydroxylation sites is 3. The SMILES string of the molecule is C=C(C)/C=C(/Oc1ccccc1N)N(C)c1ccccc1C. The molecule has 0 radical (unpaired) electrons. The largest absolute Gasteiger partial charge is 0.439 e. The van der Waals surface area contributed by atoms with Crippen LogP contribution in [0, 0.1) is 6.92 Å². The smallest absolute Gasteiger partial charge is 0.200 e. The fourth-order valence-electron chi connectivity index (χ4n) is 2.15. The molecule has 0 atom stereocenters. The van der Waals surface area contributed by atoms with Gasteiger partial charge in [-0.05, 0) is 37.6 Å². The van der Waals surface area contributed by atoms with Crippen LogP contribution in [0.4, 0.5) is 11.4 Å². The first-order chi connectivity index (χ1) is 10.5. The molecule has 22 heavy (non-hydrogen) atoms. The number of nitrogens with zero attached hydrogens (tertiary/aromatic N) is 1. The Kier molecular flexibility index (Phi) is 4.89. The molecule has 2 N–H and O–H groups in total. The molecular weight excluding hydrogens is 272 g/mol. The predicted molar refractivity (Wildman–Crippen MR) is 94.0 cm³/mol. The average molecular weight is 294 g/mol. The Morgan fingerprint density at radius 2 is 1.77 bits per heavy atom. The van der Waals surface area contributed by atoms with Crippen molar-refractivity contribution in [2.24, 2.45) is 0 Å². The average Bonchev–Trinajstić information content (AvgIpc) is 2.48. The Morgan fingerprint density at radius 1 is 1.14 bits per heavy atom. The van der Waals surface area contributed by atoms with Gasteiger partial charge in [-0.25, -0.2) is 0 Å². The number of hydrogen-bond acceptors (Lipinski definition) is 3. The third-order valence-electron chi connectivity index (χ3n) is 3.31. The Hall–Kier alpha value is -2.68. The Bertz CT molecular complexity index is 704. The number of allylic oxidation sites excluding steroid dienone is 2. The molecule has 0 aliphatic heterocycles. The van der Waals surface area contributed by atoms with Crippen molar-refractivity contribution >= 4 is 11.4 Å². The summed E-state index contributed by atoms with van der Waals surface area (Å²) in [6.45, 7) is 7.95. The van der Waals surface area contributed by atoms with Crippen molar-refractivity contribution in [1.82, 2.24) is 0 Å². The second-order valence-corrected chi connectivity index (χ2v) is 5.31. The van der Waals surface area contributed by atoms with Crippen molar-refractivity contribution in [3.8, 4) is 5.75 Å². The van der Waals surface area contributed by atoms with E-state index in [4.69, 9.17) is 10.5 Å². The van der Waals surface area contributed by atoms with E-state index < -0.39 is 0 Å². The van der Waals surface area contributed by atoms with Gasteiger partial charge in [0.05, 0.1) is 5.69 Å². The van der Waals surface area contributed by atoms with Crippen LogP contribution in [0.25, 0.3) is 0 Å². The van der Waals surface area contributed by atoms with Crippen LogP contribution in [-0.2, 0) is 0 Å². The molecule has 0 amide bonds. The summed E-state index contributed by atoms with van der Waals surface area (Å²) in [6.07, 6.45) is 1.90. The molecule has 2 aromatic carbocycles. The van der Waals surface area contributed by atoms with Gasteiger partial charge < -0.3 is 15.4 Å². The van der Waals surface area contributed by atoms with Crippen molar-refractivity contribution < 1.29 is 4.74 Å². The monoisotopic (exact) mass is 294 g/mol. The normalized spacial score (nSPS) is 11.1. The number of nitrogens with two attached hydrogens (primary N) is 1. The maximum atomic E-state index is 6.03. The molecule has 2 aromatic rings. The molecule has 0 aliphatic rings. The molecule has 3 nitrogen and oxygen atoms in total. The number of aryl methyl sites for hydroxylation is 1. The zero-order valence-corrected chi connectivity index (χ0v) is 13.3. The molecule has 0 bridgehead atoms. The molecule has 0 fully saturated rings. The first-order valence-corrected chi connectivity index (χ1v) is 7.18. The second kappa shape index (κ2) is 6.85. The minimum Gasteiger partial charge on any atom is -0.439 e. The van der Waals surface area contributed by atoms with E-state index in [9.17, 15) is 0 Å². The van der Waals surface area contributed by atoms with Gasteiger partial charge in [-0.1, -0.05) is 42.5 Å². The molecule has 114 valence electrons. The number of nitrogen functional groups attached to an aromatic ring is 1. The minimum absolute atomic E-state index is 0.605. The van der Waals surface area contributed by atoms with E-state index in [-0.39, 0.29) is 0 Å². The van der Waals surface area contributed by atoms with Crippen LogP contribution in [0.3, 0.4) is 0 Å². The molecular formula is C19H22N2O. The Morgan fingerprint density at radius 3 is 2.41 bits per heavy atom. The summed E-state index contributed by atoms with van der Waals surface area (Å²) in [4.78, 5) is 2.00. The summed E-state index contributed by atoms with van der Waals surface area (Å²) < 4.78 is 6.03. The van der Waals surface area contributed by atoms with Crippen molar-refractivity contribution in [1.29, 1.82) is 0 Å². The third-order valence-corrected chi connectivity index (χ3v) is 3.31. The van der Waals surface area contributed by atoms with Crippen molar-refractivity contribution in [3.05, 3.63) is 78.2 Å². The summed E-state index contributed by atoms with van der Waals surface area (Å²) in [7, 11) is 1.97. The van der Waals surface area contributed by atoms with Crippen LogP contribution in [0.2, 0.25) is 0 Å². The lowest BCUT2D eigenvalue weighted by atomic mass is 10.2. The van der Waals surface area contributed by atoms with Gasteiger partial charge in [0, 0.05) is 18.8 Å². The van der Waals surface area contributed by atoms with Crippen molar-refractivity contribution in [3.63, 3.8) is 0 Å². The van der Waals surface area contributed by atoms with Gasteiger partial charge in [0.25, 0.3) is 0 Å². The highest BCUT2D eigenvalue weighted by molar-refractivity contribution is 5.58. The highest BCUT2D eigenvalue weighted by Gasteiger charge is 2.13. The summed E-state index contributed by atoms with van der Waals surface area (Å²) in [5.41, 5.74) is 9.73. The molecule has 0 saturated carbocycles. The summed E-state index contributed by atoms with van der Waals surface area (Å²) in [5.74, 6) is 1.31. The van der Waals surface area contributed by atoms with E-state index in [0.717, 1.165) is 11.3 Å². The summed E-state index contributed by atoms with van der Waals surface area (Å²) >= 11 is 0. The van der Waals surface area contributed by atoms with Gasteiger partial charge in [0.2, 0.25) is 5.88 Å². The molecule has 0 heterocycles. The van der Waals surface area contributed by atoms with E-state index in [2.05, 4.69) is 25.6 Å². The van der Waals surface area contributed by atoms with E-state index in [0.29, 0.717) is 17.3 Å². The Balaban J connectivity index is 2.37. The molecule has 3 heteroatoms. The van der Waals surface area contributed by atoms with Gasteiger partial charge in [0.1, 0.15) is 0 Å². The third kappa shape index (κ3) is 3.70. The predicted octanol–water partition coefficient (Wildman–Crippen LogP) is 4.51. The van der Waals surface area contributed by atoms with Gasteiger partial charge in [0.15, 0.2) is 5.75 Å². The number of ether oxygens (including phenoxy) is 1. The van der Waals surface area contributed by atoms with Crippen LogP contribution in [0.1, 0.15) is 12.5 Å². The molecule has 0 spiro atoms. The van der Waals surface area contributed by atoms with Crippen LogP contribution < -0.4 is 15.4 Å². The zero-order chi connectivity index (χ0) is 16.1. The van der Waals surface area contributed by atoms with Crippen LogP contribution in [-0.4, -0.2) is 7.05 Å². The quantitative estimate of drug-likeness (QED) is 0.501. The highest BCUT2D eigenvalue weighted by Crippen LogP contribution is 2.27. The molecule has 0 aromatic heterocycles. The summed E-state index contributed by atoms with van der Waals surface area (Å²) in [5, 5.41) is 0. The number of hydrogen-bond donors (Lipinski definition) is 1. The molecule has 0 unspecified atom stereocenters. The van der Waals surface area contributed by atoms with Gasteiger partial charge in [-0.3, -0.25) is 0 Å². The zero-order valence-electron chi connectivity index (χ0n) is 13.3. The summed E-state index contributed by atoms with van der Waals surface area (Å²) in [6, 6.07) is 15.6. The molecule has 0 aliphatic carbocycles. The van der Waals surface area contributed by atoms with Crippen LogP contribution in [0.15, 0.2) is 72.6 Å². The lowest BCUT2D eigenvalue weighted by Crippen LogP contribution is -2.22. The van der Waals surface area contributed by atoms with E-state index >= 15 is 0 Å². The fraction of sp³-hybridized carbons (Fsp3) is 0.158. The maximum absolute atomic E-state index is 6.03. The van der Waals surface area contributed by atoms with Gasteiger partial charge >= 0.3 is 0 Å². The second-order valence-electron chi connectivity index (χ2n) is 5.31. The fourth-order valence-corrected chi connectivity index (χ4v) is 2.15. The van der Waals surface area contributed by atoms with Gasteiger partial charge in [-0.15, -0.1) is 0 Å². The van der Waals surface area contributed by atoms with Gasteiger partial charge in [-0.2, -0.15) is 0 Å². The van der Waals surface area contributed by atoms with E-state index in [1.165, 1.54) is 5.56 Å². The lowest BCUT2D eigenvalue weighted by molar-refractivity contribution is 0.413. The van der Waals surface area contributed by atoms with E-state index in [1.54, 1.807) is 0 Å². The number of rotatable bonds is 5. The minimum atomic E-state index is 0.605. The number of benzene rings is 2. The number of anilines is 2. The van der Waals surface area contributed by atoms with Crippen molar-refractivity contribution in [2.45, 2.75) is 13.8 Å². The standard InChI is InChI=1S/C19H22N2O/c1-14(2)13-19(22-18-12-8-6-10-16(18)20)21(4)17-11-7-5-9-15(17)3/h5-13H,1,20H2,2-4H3/b19-13+. The Labute approximate surface area is 132 Å². The van der Waals surface area contributed by atoms with Crippen LogP contribution in [0.5, 0.6) is 5.75 Å². The first-order valence-electron chi connectivity index (χ1n) is 7.18. The topological polar surface area (TPSA) is 38.5 Å². The lowest BCUT2D eigenvalue weighted by Gasteiger charge is -2.25. The first kappa shape index (κ1) is 15.7. The van der Waals surface area contributed by atoms with E-state index in [1.807, 2.05) is 61.3 Å².